The van der Waals surface area contributed by atoms with E-state index in [-0.39, 0.29) is 0 Å². The fourth-order valence-corrected chi connectivity index (χ4v) is 0.660. The van der Waals surface area contributed by atoms with E-state index in [4.69, 9.17) is 4.74 Å². The van der Waals surface area contributed by atoms with Crippen molar-refractivity contribution in [3.8, 4) is 5.88 Å². The monoisotopic (exact) mass is 136 g/mol. The first-order valence-electron chi connectivity index (χ1n) is 2.84. The molecule has 0 aliphatic heterocycles. The quantitative estimate of drug-likeness (QED) is 0.576. The van der Waals surface area contributed by atoms with Crippen molar-refractivity contribution in [2.75, 3.05) is 7.11 Å². The summed E-state index contributed by atoms with van der Waals surface area (Å²) >= 11 is 0. The molecule has 0 fully saturated rings. The van der Waals surface area contributed by atoms with E-state index < -0.39 is 0 Å². The van der Waals surface area contributed by atoms with Gasteiger partial charge in [-0.15, -0.1) is 0 Å². The summed E-state index contributed by atoms with van der Waals surface area (Å²) in [5.41, 5.74) is 0.671. The zero-order valence-corrected chi connectivity index (χ0v) is 5.74. The van der Waals surface area contributed by atoms with Crippen molar-refractivity contribution in [2.45, 2.75) is 0 Å². The SMILES string of the molecule is C=Nc1cccnc1OC. The van der Waals surface area contributed by atoms with E-state index >= 15 is 0 Å². The van der Waals surface area contributed by atoms with Gasteiger partial charge in [0.25, 0.3) is 0 Å². The van der Waals surface area contributed by atoms with Gasteiger partial charge >= 0.3 is 0 Å². The summed E-state index contributed by atoms with van der Waals surface area (Å²) in [4.78, 5) is 7.62. The summed E-state index contributed by atoms with van der Waals surface area (Å²) in [6.45, 7) is 3.37. The molecule has 1 aromatic rings. The largest absolute Gasteiger partial charge is 0.479 e. The normalized spacial score (nSPS) is 8.90. The van der Waals surface area contributed by atoms with Crippen LogP contribution in [0.3, 0.4) is 0 Å². The van der Waals surface area contributed by atoms with Crippen LogP contribution in [0.5, 0.6) is 5.88 Å². The number of methoxy groups -OCH3 is 1. The molecule has 0 aromatic carbocycles. The second kappa shape index (κ2) is 2.96. The van der Waals surface area contributed by atoms with Gasteiger partial charge in [0.2, 0.25) is 5.88 Å². The van der Waals surface area contributed by atoms with Gasteiger partial charge in [0.15, 0.2) is 0 Å². The third-order valence-electron chi connectivity index (χ3n) is 1.11. The Morgan fingerprint density at radius 1 is 1.70 bits per heavy atom. The molecule has 0 N–H and O–H groups in total. The maximum absolute atomic E-state index is 4.89. The summed E-state index contributed by atoms with van der Waals surface area (Å²) in [5, 5.41) is 0. The maximum Gasteiger partial charge on any atom is 0.239 e. The molecule has 0 bridgehead atoms. The van der Waals surface area contributed by atoms with E-state index in [0.717, 1.165) is 0 Å². The molecule has 0 spiro atoms. The molecule has 0 saturated heterocycles. The molecule has 1 aromatic heterocycles. The molecule has 0 saturated carbocycles. The van der Waals surface area contributed by atoms with Gasteiger partial charge < -0.3 is 4.74 Å². The highest BCUT2D eigenvalue weighted by molar-refractivity contribution is 5.51. The third kappa shape index (κ3) is 1.13. The first-order valence-corrected chi connectivity index (χ1v) is 2.84. The van der Waals surface area contributed by atoms with Crippen molar-refractivity contribution in [3.63, 3.8) is 0 Å². The van der Waals surface area contributed by atoms with Crippen molar-refractivity contribution in [1.29, 1.82) is 0 Å². The number of nitrogens with zero attached hydrogens (tertiary/aromatic N) is 2. The fourth-order valence-electron chi connectivity index (χ4n) is 0.660. The van der Waals surface area contributed by atoms with Gasteiger partial charge in [-0.3, -0.25) is 4.99 Å². The molecular weight excluding hydrogens is 128 g/mol. The van der Waals surface area contributed by atoms with E-state index in [9.17, 15) is 0 Å². The number of hydrogen-bond acceptors (Lipinski definition) is 3. The third-order valence-corrected chi connectivity index (χ3v) is 1.11. The molecule has 3 heteroatoms. The van der Waals surface area contributed by atoms with Crippen molar-refractivity contribution in [1.82, 2.24) is 4.98 Å². The van der Waals surface area contributed by atoms with Crippen LogP contribution < -0.4 is 4.74 Å². The highest BCUT2D eigenvalue weighted by atomic mass is 16.5. The van der Waals surface area contributed by atoms with Crippen LogP contribution in [0.25, 0.3) is 0 Å². The molecule has 1 heterocycles. The van der Waals surface area contributed by atoms with Crippen LogP contribution in [0.2, 0.25) is 0 Å². The van der Waals surface area contributed by atoms with Crippen molar-refractivity contribution in [3.05, 3.63) is 18.3 Å². The van der Waals surface area contributed by atoms with E-state index in [1.807, 2.05) is 0 Å². The van der Waals surface area contributed by atoms with Gasteiger partial charge in [-0.05, 0) is 18.9 Å². The van der Waals surface area contributed by atoms with Gasteiger partial charge in [-0.25, -0.2) is 4.98 Å². The molecule has 0 unspecified atom stereocenters. The van der Waals surface area contributed by atoms with E-state index in [1.165, 1.54) is 0 Å². The van der Waals surface area contributed by atoms with Crippen LogP contribution in [0.1, 0.15) is 0 Å². The van der Waals surface area contributed by atoms with Gasteiger partial charge in [0, 0.05) is 6.20 Å². The predicted molar refractivity (Wildman–Crippen MR) is 40.0 cm³/mol. The van der Waals surface area contributed by atoms with Crippen LogP contribution in [0, 0.1) is 0 Å². The zero-order chi connectivity index (χ0) is 7.40. The number of hydrogen-bond donors (Lipinski definition) is 0. The van der Waals surface area contributed by atoms with Crippen LogP contribution >= 0.6 is 0 Å². The number of ether oxygens (including phenoxy) is 1. The summed E-state index contributed by atoms with van der Waals surface area (Å²) in [7, 11) is 1.55. The molecule has 0 amide bonds. The topological polar surface area (TPSA) is 34.5 Å². The molecular formula is C7H8N2O. The Bertz CT molecular complexity index is 235. The lowest BCUT2D eigenvalue weighted by Crippen LogP contribution is -1.85. The predicted octanol–water partition coefficient (Wildman–Crippen LogP) is 1.42. The Balaban J connectivity index is 3.08. The summed E-state index contributed by atoms with van der Waals surface area (Å²) in [5.74, 6) is 0.512. The molecule has 10 heavy (non-hydrogen) atoms. The highest BCUT2D eigenvalue weighted by Gasteiger charge is 1.97. The summed E-state index contributed by atoms with van der Waals surface area (Å²) in [6.07, 6.45) is 1.65. The van der Waals surface area contributed by atoms with E-state index in [2.05, 4.69) is 16.7 Å². The minimum Gasteiger partial charge on any atom is -0.479 e. The Morgan fingerprint density at radius 3 is 3.00 bits per heavy atom. The smallest absolute Gasteiger partial charge is 0.239 e. The molecule has 3 nitrogen and oxygen atoms in total. The molecule has 0 aliphatic carbocycles. The van der Waals surface area contributed by atoms with Crippen LogP contribution in [0.4, 0.5) is 5.69 Å². The van der Waals surface area contributed by atoms with Crippen molar-refractivity contribution < 1.29 is 4.74 Å². The summed E-state index contributed by atoms with van der Waals surface area (Å²) < 4.78 is 4.89. The van der Waals surface area contributed by atoms with Crippen LogP contribution in [-0.2, 0) is 0 Å². The maximum atomic E-state index is 4.89. The fraction of sp³-hybridized carbons (Fsp3) is 0.143. The van der Waals surface area contributed by atoms with Crippen LogP contribution in [-0.4, -0.2) is 18.8 Å². The minimum absolute atomic E-state index is 0.512. The number of aliphatic imine (C=N–C) groups is 1. The Kier molecular flexibility index (Phi) is 1.99. The first kappa shape index (κ1) is 6.74. The van der Waals surface area contributed by atoms with Crippen molar-refractivity contribution in [2.24, 2.45) is 4.99 Å². The Labute approximate surface area is 59.4 Å². The first-order chi connectivity index (χ1) is 4.88. The lowest BCUT2D eigenvalue weighted by atomic mass is 10.4. The average Bonchev–Trinajstić information content (AvgIpc) is 2.04. The summed E-state index contributed by atoms with van der Waals surface area (Å²) in [6, 6.07) is 3.57. The van der Waals surface area contributed by atoms with E-state index in [0.29, 0.717) is 11.6 Å². The van der Waals surface area contributed by atoms with Gasteiger partial charge in [-0.2, -0.15) is 0 Å². The Hall–Kier alpha value is -1.38. The molecule has 0 aliphatic rings. The zero-order valence-electron chi connectivity index (χ0n) is 5.74. The lowest BCUT2D eigenvalue weighted by molar-refractivity contribution is 0.399. The number of pyridine rings is 1. The second-order valence-corrected chi connectivity index (χ2v) is 1.69. The molecule has 52 valence electrons. The second-order valence-electron chi connectivity index (χ2n) is 1.69. The van der Waals surface area contributed by atoms with Crippen LogP contribution in [0.15, 0.2) is 23.3 Å². The molecule has 1 rings (SSSR count). The van der Waals surface area contributed by atoms with Gasteiger partial charge in [0.05, 0.1) is 7.11 Å². The van der Waals surface area contributed by atoms with E-state index in [1.54, 1.807) is 25.4 Å². The number of rotatable bonds is 2. The highest BCUT2D eigenvalue weighted by Crippen LogP contribution is 2.21. The lowest BCUT2D eigenvalue weighted by Gasteiger charge is -1.99. The Morgan fingerprint density at radius 2 is 2.50 bits per heavy atom. The molecule has 0 radical (unpaired) electrons. The van der Waals surface area contributed by atoms with Gasteiger partial charge in [0.1, 0.15) is 5.69 Å². The molecule has 0 atom stereocenters. The number of aromatic nitrogens is 1. The standard InChI is InChI=1S/C7H8N2O/c1-8-6-4-3-5-9-7(6)10-2/h3-5H,1H2,2H3. The minimum atomic E-state index is 0.512. The van der Waals surface area contributed by atoms with Crippen molar-refractivity contribution >= 4 is 12.4 Å². The average molecular weight is 136 g/mol. The van der Waals surface area contributed by atoms with Gasteiger partial charge in [-0.1, -0.05) is 0 Å².